The zero-order chi connectivity index (χ0) is 16.4. The summed E-state index contributed by atoms with van der Waals surface area (Å²) < 4.78 is 1.73. The molecule has 3 rings (SSSR count). The highest BCUT2D eigenvalue weighted by Crippen LogP contribution is 2.16. The van der Waals surface area contributed by atoms with Gasteiger partial charge in [-0.3, -0.25) is 9.20 Å². The number of aromatic hydroxyl groups is 1. The van der Waals surface area contributed by atoms with Crippen molar-refractivity contribution in [3.05, 3.63) is 64.6 Å². The van der Waals surface area contributed by atoms with Crippen LogP contribution in [0.5, 0.6) is 5.75 Å². The van der Waals surface area contributed by atoms with Gasteiger partial charge in [0.05, 0.1) is 5.69 Å². The summed E-state index contributed by atoms with van der Waals surface area (Å²) in [6.07, 6.45) is 2.43. The van der Waals surface area contributed by atoms with E-state index in [0.717, 1.165) is 5.56 Å². The van der Waals surface area contributed by atoms with Crippen molar-refractivity contribution in [3.8, 4) is 5.75 Å². The van der Waals surface area contributed by atoms with E-state index in [0.29, 0.717) is 35.0 Å². The minimum Gasteiger partial charge on any atom is -0.508 e. The lowest BCUT2D eigenvalue weighted by Crippen LogP contribution is -2.27. The van der Waals surface area contributed by atoms with Gasteiger partial charge in [-0.1, -0.05) is 23.7 Å². The summed E-state index contributed by atoms with van der Waals surface area (Å²) in [6, 6.07) is 10.4. The zero-order valence-corrected chi connectivity index (χ0v) is 13.3. The number of hydrogen-bond acceptors (Lipinski definition) is 3. The lowest BCUT2D eigenvalue weighted by molar-refractivity contribution is 0.0947. The SMILES string of the molecule is Cc1nc2cc(Cl)ccn2c1C(=O)NCCc1ccc(O)cc1. The fourth-order valence-electron chi connectivity index (χ4n) is 2.48. The largest absolute Gasteiger partial charge is 0.508 e. The molecule has 0 fully saturated rings. The number of benzene rings is 1. The Morgan fingerprint density at radius 3 is 2.78 bits per heavy atom. The molecule has 0 atom stereocenters. The molecule has 118 valence electrons. The predicted octanol–water partition coefficient (Wildman–Crippen LogP) is 2.97. The first-order valence-electron chi connectivity index (χ1n) is 7.25. The molecule has 1 amide bonds. The smallest absolute Gasteiger partial charge is 0.270 e. The highest BCUT2D eigenvalue weighted by atomic mass is 35.5. The van der Waals surface area contributed by atoms with E-state index < -0.39 is 0 Å². The second kappa shape index (κ2) is 6.30. The number of phenolic OH excluding ortho intramolecular Hbond substituents is 1. The molecule has 0 aliphatic carbocycles. The number of carbonyl (C=O) groups excluding carboxylic acids is 1. The number of aromatic nitrogens is 2. The van der Waals surface area contributed by atoms with E-state index in [9.17, 15) is 9.90 Å². The molecule has 2 aromatic heterocycles. The molecule has 0 aliphatic heterocycles. The molecule has 0 saturated heterocycles. The first-order chi connectivity index (χ1) is 11.0. The first kappa shape index (κ1) is 15.4. The molecule has 1 aromatic carbocycles. The van der Waals surface area contributed by atoms with Crippen molar-refractivity contribution in [2.45, 2.75) is 13.3 Å². The fraction of sp³-hybridized carbons (Fsp3) is 0.176. The number of nitrogens with one attached hydrogen (secondary N) is 1. The molecule has 0 unspecified atom stereocenters. The third-order valence-corrected chi connectivity index (χ3v) is 3.85. The van der Waals surface area contributed by atoms with Crippen molar-refractivity contribution in [2.24, 2.45) is 0 Å². The summed E-state index contributed by atoms with van der Waals surface area (Å²) in [5.74, 6) is 0.0638. The third kappa shape index (κ3) is 3.29. The van der Waals surface area contributed by atoms with Gasteiger partial charge in [0.25, 0.3) is 5.91 Å². The Hall–Kier alpha value is -2.53. The van der Waals surface area contributed by atoms with Gasteiger partial charge in [-0.2, -0.15) is 0 Å². The van der Waals surface area contributed by atoms with Crippen LogP contribution in [0.4, 0.5) is 0 Å². The van der Waals surface area contributed by atoms with E-state index in [2.05, 4.69) is 10.3 Å². The fourth-order valence-corrected chi connectivity index (χ4v) is 2.63. The summed E-state index contributed by atoms with van der Waals surface area (Å²) in [4.78, 5) is 16.8. The number of fused-ring (bicyclic) bond motifs is 1. The van der Waals surface area contributed by atoms with Crippen LogP contribution in [0, 0.1) is 6.92 Å². The number of imidazole rings is 1. The number of aryl methyl sites for hydroxylation is 1. The van der Waals surface area contributed by atoms with Crippen LogP contribution in [0.2, 0.25) is 5.02 Å². The van der Waals surface area contributed by atoms with E-state index in [1.165, 1.54) is 0 Å². The number of amides is 1. The maximum Gasteiger partial charge on any atom is 0.270 e. The maximum atomic E-state index is 12.4. The molecular weight excluding hydrogens is 314 g/mol. The molecule has 6 heteroatoms. The molecule has 0 radical (unpaired) electrons. The molecule has 0 saturated carbocycles. The highest BCUT2D eigenvalue weighted by Gasteiger charge is 2.16. The van der Waals surface area contributed by atoms with Crippen molar-refractivity contribution >= 4 is 23.2 Å². The number of hydrogen-bond donors (Lipinski definition) is 2. The summed E-state index contributed by atoms with van der Waals surface area (Å²) in [7, 11) is 0. The van der Waals surface area contributed by atoms with Crippen molar-refractivity contribution in [2.75, 3.05) is 6.54 Å². The highest BCUT2D eigenvalue weighted by molar-refractivity contribution is 6.30. The van der Waals surface area contributed by atoms with Gasteiger partial charge < -0.3 is 10.4 Å². The van der Waals surface area contributed by atoms with Crippen LogP contribution in [0.25, 0.3) is 5.65 Å². The molecule has 23 heavy (non-hydrogen) atoms. The Bertz CT molecular complexity index is 856. The number of phenols is 1. The zero-order valence-electron chi connectivity index (χ0n) is 12.6. The first-order valence-corrected chi connectivity index (χ1v) is 7.63. The number of halogens is 1. The lowest BCUT2D eigenvalue weighted by atomic mass is 10.1. The van der Waals surface area contributed by atoms with Gasteiger partial charge in [0.1, 0.15) is 17.1 Å². The van der Waals surface area contributed by atoms with E-state index in [1.54, 1.807) is 41.8 Å². The topological polar surface area (TPSA) is 66.6 Å². The minimum absolute atomic E-state index is 0.170. The van der Waals surface area contributed by atoms with Crippen LogP contribution in [0.15, 0.2) is 42.6 Å². The van der Waals surface area contributed by atoms with Crippen LogP contribution in [0.1, 0.15) is 21.7 Å². The molecule has 2 heterocycles. The summed E-state index contributed by atoms with van der Waals surface area (Å²) in [5.41, 5.74) is 2.88. The van der Waals surface area contributed by atoms with Crippen molar-refractivity contribution in [3.63, 3.8) is 0 Å². The quantitative estimate of drug-likeness (QED) is 0.773. The van der Waals surface area contributed by atoms with Gasteiger partial charge in [0.2, 0.25) is 0 Å². The summed E-state index contributed by atoms with van der Waals surface area (Å²) in [6.45, 7) is 2.31. The average Bonchev–Trinajstić information content (AvgIpc) is 2.84. The second-order valence-electron chi connectivity index (χ2n) is 5.29. The van der Waals surface area contributed by atoms with E-state index in [-0.39, 0.29) is 11.7 Å². The molecular formula is C17H16ClN3O2. The Morgan fingerprint density at radius 2 is 2.04 bits per heavy atom. The molecule has 0 bridgehead atoms. The van der Waals surface area contributed by atoms with Gasteiger partial charge in [-0.05, 0) is 37.1 Å². The molecule has 3 aromatic rings. The van der Waals surface area contributed by atoms with Gasteiger partial charge in [0.15, 0.2) is 0 Å². The Balaban J connectivity index is 1.71. The van der Waals surface area contributed by atoms with Gasteiger partial charge >= 0.3 is 0 Å². The van der Waals surface area contributed by atoms with Crippen LogP contribution in [-0.4, -0.2) is 26.9 Å². The van der Waals surface area contributed by atoms with Gasteiger partial charge in [-0.25, -0.2) is 4.98 Å². The van der Waals surface area contributed by atoms with Crippen molar-refractivity contribution in [1.29, 1.82) is 0 Å². The number of nitrogens with zero attached hydrogens (tertiary/aromatic N) is 2. The van der Waals surface area contributed by atoms with E-state index >= 15 is 0 Å². The maximum absolute atomic E-state index is 12.4. The second-order valence-corrected chi connectivity index (χ2v) is 5.73. The summed E-state index contributed by atoms with van der Waals surface area (Å²) >= 11 is 5.95. The average molecular weight is 330 g/mol. The van der Waals surface area contributed by atoms with Crippen molar-refractivity contribution < 1.29 is 9.90 Å². The third-order valence-electron chi connectivity index (χ3n) is 3.61. The van der Waals surface area contributed by atoms with Crippen LogP contribution in [0.3, 0.4) is 0 Å². The monoisotopic (exact) mass is 329 g/mol. The minimum atomic E-state index is -0.170. The number of carbonyl (C=O) groups is 1. The summed E-state index contributed by atoms with van der Waals surface area (Å²) in [5, 5.41) is 12.7. The Kier molecular flexibility index (Phi) is 4.21. The Morgan fingerprint density at radius 1 is 1.30 bits per heavy atom. The van der Waals surface area contributed by atoms with Crippen molar-refractivity contribution in [1.82, 2.24) is 14.7 Å². The number of rotatable bonds is 4. The lowest BCUT2D eigenvalue weighted by Gasteiger charge is -2.06. The Labute approximate surface area is 138 Å². The predicted molar refractivity (Wildman–Crippen MR) is 89.1 cm³/mol. The number of pyridine rings is 1. The van der Waals surface area contributed by atoms with Crippen LogP contribution < -0.4 is 5.32 Å². The van der Waals surface area contributed by atoms with E-state index in [4.69, 9.17) is 11.6 Å². The van der Waals surface area contributed by atoms with Gasteiger partial charge in [0, 0.05) is 23.8 Å². The standard InChI is InChI=1S/C17H16ClN3O2/c1-11-16(21-9-7-13(18)10-15(21)20-11)17(23)19-8-6-12-2-4-14(22)5-3-12/h2-5,7,9-10,22H,6,8H2,1H3,(H,19,23). The normalized spacial score (nSPS) is 10.9. The van der Waals surface area contributed by atoms with Crippen LogP contribution in [-0.2, 0) is 6.42 Å². The van der Waals surface area contributed by atoms with Gasteiger partial charge in [-0.15, -0.1) is 0 Å². The molecule has 0 spiro atoms. The van der Waals surface area contributed by atoms with Crippen LogP contribution >= 0.6 is 11.6 Å². The molecule has 2 N–H and O–H groups in total. The molecule has 5 nitrogen and oxygen atoms in total. The molecule has 0 aliphatic rings. The van der Waals surface area contributed by atoms with E-state index in [1.807, 2.05) is 12.1 Å².